The van der Waals surface area contributed by atoms with Gasteiger partial charge in [-0.2, -0.15) is 0 Å². The molecule has 3 fully saturated rings. The highest BCUT2D eigenvalue weighted by Crippen LogP contribution is 2.37. The molecule has 2 bridgehead atoms. The Morgan fingerprint density at radius 2 is 1.53 bits per heavy atom. The third-order valence-corrected chi connectivity index (χ3v) is 8.97. The van der Waals surface area contributed by atoms with Crippen LogP contribution in [-0.2, 0) is 19.4 Å². The number of fused-ring (bicyclic) bond motifs is 3. The fraction of sp³-hybridized carbons (Fsp3) is 0.333. The minimum Gasteiger partial charge on any atom is -0.454 e. The van der Waals surface area contributed by atoms with Gasteiger partial charge in [-0.1, -0.05) is 48.5 Å². The van der Waals surface area contributed by atoms with E-state index in [-0.39, 0.29) is 28.7 Å². The highest BCUT2D eigenvalue weighted by molar-refractivity contribution is 7.90. The number of sulfone groups is 1. The maximum Gasteiger partial charge on any atom is 0.333 e. The van der Waals surface area contributed by atoms with E-state index in [1.807, 2.05) is 60.7 Å². The molecule has 3 aliphatic rings. The van der Waals surface area contributed by atoms with Crippen LogP contribution in [0, 0.1) is 5.92 Å². The molecule has 8 heteroatoms. The molecular weight excluding hydrogens is 500 g/mol. The van der Waals surface area contributed by atoms with Crippen molar-refractivity contribution in [2.75, 3.05) is 37.8 Å². The van der Waals surface area contributed by atoms with Gasteiger partial charge in [0.05, 0.1) is 18.0 Å². The van der Waals surface area contributed by atoms with Crippen LogP contribution in [0.4, 0.5) is 5.69 Å². The van der Waals surface area contributed by atoms with Gasteiger partial charge in [0.1, 0.15) is 13.1 Å². The van der Waals surface area contributed by atoms with E-state index in [1.54, 1.807) is 12.1 Å². The Balaban J connectivity index is 1.29. The van der Waals surface area contributed by atoms with Gasteiger partial charge >= 0.3 is 5.97 Å². The van der Waals surface area contributed by atoms with Crippen LogP contribution in [0.25, 0.3) is 0 Å². The molecule has 0 aliphatic carbocycles. The number of nitrogens with zero attached hydrogens (tertiary/aromatic N) is 1. The van der Waals surface area contributed by atoms with Crippen LogP contribution in [-0.4, -0.2) is 63.2 Å². The summed E-state index contributed by atoms with van der Waals surface area (Å²) < 4.78 is 30.3. The van der Waals surface area contributed by atoms with Crippen LogP contribution in [0.5, 0.6) is 0 Å². The van der Waals surface area contributed by atoms with Gasteiger partial charge in [0.2, 0.25) is 5.78 Å². The van der Waals surface area contributed by atoms with Crippen molar-refractivity contribution >= 4 is 27.3 Å². The Morgan fingerprint density at radius 1 is 0.921 bits per heavy atom. The van der Waals surface area contributed by atoms with Gasteiger partial charge in [-0.05, 0) is 42.0 Å². The molecule has 0 spiro atoms. The molecule has 0 radical (unpaired) electrons. The number of Topliss-reactive ketones (excluding diaryl/α,β-unsaturated/α-hetero) is 1. The molecule has 38 heavy (non-hydrogen) atoms. The molecule has 2 atom stereocenters. The van der Waals surface area contributed by atoms with E-state index in [0.29, 0.717) is 23.1 Å². The number of ether oxygens (including phenoxy) is 1. The largest absolute Gasteiger partial charge is 0.454 e. The maximum absolute atomic E-state index is 13.5. The lowest BCUT2D eigenvalue weighted by Gasteiger charge is -2.51. The number of benzene rings is 3. The van der Waals surface area contributed by atoms with Crippen LogP contribution in [0.3, 0.4) is 0 Å². The van der Waals surface area contributed by atoms with Crippen molar-refractivity contribution in [2.45, 2.75) is 29.9 Å². The van der Waals surface area contributed by atoms with Crippen molar-refractivity contribution in [3.63, 3.8) is 0 Å². The summed E-state index contributed by atoms with van der Waals surface area (Å²) in [4.78, 5) is 26.9. The first-order chi connectivity index (χ1) is 18.2. The van der Waals surface area contributed by atoms with Gasteiger partial charge in [0.25, 0.3) is 0 Å². The number of quaternary nitrogens is 1. The van der Waals surface area contributed by atoms with Crippen LogP contribution in [0.1, 0.15) is 34.8 Å². The topological polar surface area (TPSA) is 89.5 Å². The fourth-order valence-electron chi connectivity index (χ4n) is 5.70. The maximum atomic E-state index is 13.5. The Morgan fingerprint density at radius 3 is 2.13 bits per heavy atom. The number of rotatable bonds is 9. The van der Waals surface area contributed by atoms with Gasteiger partial charge in [-0.3, -0.25) is 4.79 Å². The first kappa shape index (κ1) is 26.1. The third kappa shape index (κ3) is 5.81. The van der Waals surface area contributed by atoms with Crippen molar-refractivity contribution in [3.05, 3.63) is 96.1 Å². The first-order valence-electron chi connectivity index (χ1n) is 13.0. The SMILES string of the molecule is CS(=O)(=O)c1ccc(C(=O)C[N+]23CCC(CC2)[C@@H](OC(=O)[C@@H](Nc2ccccc2)c2ccccc2)C3)cc1. The summed E-state index contributed by atoms with van der Waals surface area (Å²) in [6, 6.07) is 24.7. The van der Waals surface area contributed by atoms with E-state index in [4.69, 9.17) is 4.74 Å². The number of nitrogens with one attached hydrogen (secondary N) is 1. The zero-order valence-electron chi connectivity index (χ0n) is 21.5. The van der Waals surface area contributed by atoms with Crippen LogP contribution in [0.15, 0.2) is 89.8 Å². The number of hydrogen-bond donors (Lipinski definition) is 1. The van der Waals surface area contributed by atoms with Crippen molar-refractivity contribution in [2.24, 2.45) is 5.92 Å². The molecule has 198 valence electrons. The molecule has 3 aliphatic heterocycles. The lowest BCUT2D eigenvalue weighted by Crippen LogP contribution is -2.65. The number of piperidine rings is 3. The van der Waals surface area contributed by atoms with Crippen molar-refractivity contribution in [1.82, 2.24) is 0 Å². The molecule has 1 N–H and O–H groups in total. The monoisotopic (exact) mass is 533 g/mol. The van der Waals surface area contributed by atoms with Crippen molar-refractivity contribution in [3.8, 4) is 0 Å². The molecule has 3 heterocycles. The molecule has 0 saturated carbocycles. The van der Waals surface area contributed by atoms with E-state index in [0.717, 1.165) is 43.4 Å². The summed E-state index contributed by atoms with van der Waals surface area (Å²) in [7, 11) is -3.32. The zero-order valence-corrected chi connectivity index (χ0v) is 22.3. The quantitative estimate of drug-likeness (QED) is 0.251. The normalized spacial score (nSPS) is 23.4. The second-order valence-electron chi connectivity index (χ2n) is 10.5. The Bertz CT molecular complexity index is 1380. The summed E-state index contributed by atoms with van der Waals surface area (Å²) in [6.07, 6.45) is 2.70. The number of carbonyl (C=O) groups is 2. The summed E-state index contributed by atoms with van der Waals surface area (Å²) >= 11 is 0. The zero-order chi connectivity index (χ0) is 26.8. The first-order valence-corrected chi connectivity index (χ1v) is 14.9. The lowest BCUT2D eigenvalue weighted by molar-refractivity contribution is -0.938. The third-order valence-electron chi connectivity index (χ3n) is 7.85. The average Bonchev–Trinajstić information content (AvgIpc) is 2.93. The average molecular weight is 534 g/mol. The van der Waals surface area contributed by atoms with Crippen molar-refractivity contribution < 1.29 is 27.2 Å². The smallest absolute Gasteiger partial charge is 0.333 e. The Labute approximate surface area is 223 Å². The Kier molecular flexibility index (Phi) is 7.36. The predicted molar refractivity (Wildman–Crippen MR) is 145 cm³/mol. The minimum atomic E-state index is -3.32. The standard InChI is InChI=1S/C30H33N2O5S/c1-38(35,36)26-14-12-22(13-15-26)27(33)20-32-18-16-23(17-19-32)28(21-32)37-30(34)29(24-8-4-2-5-9-24)31-25-10-6-3-7-11-25/h2-15,23,28-29,31H,16-21H2,1H3/q+1/t23?,28-,29-,32?/m0/s1. The number of ketones is 1. The lowest BCUT2D eigenvalue weighted by atomic mass is 9.82. The van der Waals surface area contributed by atoms with Gasteiger partial charge in [0.15, 0.2) is 22.0 Å². The molecule has 3 aromatic carbocycles. The molecule has 3 aromatic rings. The van der Waals surface area contributed by atoms with Crippen molar-refractivity contribution in [1.29, 1.82) is 0 Å². The second kappa shape index (κ2) is 10.7. The van der Waals surface area contributed by atoms with Crippen LogP contribution in [0.2, 0.25) is 0 Å². The van der Waals surface area contributed by atoms with E-state index in [2.05, 4.69) is 5.32 Å². The summed E-state index contributed by atoms with van der Waals surface area (Å²) in [5.74, 6) is -0.0562. The minimum absolute atomic E-state index is 0.0246. The van der Waals surface area contributed by atoms with E-state index in [1.165, 1.54) is 12.1 Å². The highest BCUT2D eigenvalue weighted by atomic mass is 32.2. The molecular formula is C30H33N2O5S+. The van der Waals surface area contributed by atoms with Gasteiger partial charge in [-0.25, -0.2) is 13.2 Å². The summed E-state index contributed by atoms with van der Waals surface area (Å²) in [5.41, 5.74) is 2.17. The molecule has 3 saturated heterocycles. The molecule has 0 amide bonds. The summed E-state index contributed by atoms with van der Waals surface area (Å²) in [6.45, 7) is 2.66. The van der Waals surface area contributed by atoms with Crippen LogP contribution < -0.4 is 5.32 Å². The number of hydrogen-bond acceptors (Lipinski definition) is 6. The van der Waals surface area contributed by atoms with E-state index >= 15 is 0 Å². The number of esters is 1. The van der Waals surface area contributed by atoms with E-state index in [9.17, 15) is 18.0 Å². The highest BCUT2D eigenvalue weighted by Gasteiger charge is 2.49. The molecule has 6 rings (SSSR count). The van der Waals surface area contributed by atoms with Gasteiger partial charge < -0.3 is 14.5 Å². The molecule has 0 unspecified atom stereocenters. The summed E-state index contributed by atoms with van der Waals surface area (Å²) in [5, 5.41) is 3.33. The fourth-order valence-corrected chi connectivity index (χ4v) is 6.33. The van der Waals surface area contributed by atoms with Crippen LogP contribution >= 0.6 is 0 Å². The predicted octanol–water partition coefficient (Wildman–Crippen LogP) is 4.28. The van der Waals surface area contributed by atoms with Gasteiger partial charge in [0, 0.05) is 36.3 Å². The van der Waals surface area contributed by atoms with Gasteiger partial charge in [-0.15, -0.1) is 0 Å². The number of para-hydroxylation sites is 1. The number of anilines is 1. The molecule has 0 aromatic heterocycles. The Hall–Kier alpha value is -3.49. The second-order valence-corrected chi connectivity index (χ2v) is 12.5. The molecule has 7 nitrogen and oxygen atoms in total. The number of carbonyl (C=O) groups excluding carboxylic acids is 2. The van der Waals surface area contributed by atoms with E-state index < -0.39 is 15.9 Å².